The first kappa shape index (κ1) is 21.4. The molecular weight excluding hydrogens is 387 g/mol. The molecule has 1 aromatic heterocycles. The van der Waals surface area contributed by atoms with Crippen LogP contribution in [0.15, 0.2) is 22.5 Å². The number of thiophene rings is 1. The average molecular weight is 418 g/mol. The van der Waals surface area contributed by atoms with E-state index in [2.05, 4.69) is 38.0 Å². The third kappa shape index (κ3) is 6.35. The quantitative estimate of drug-likeness (QED) is 0.529. The highest BCUT2D eigenvalue weighted by Gasteiger charge is 2.34. The fourth-order valence-corrected chi connectivity index (χ4v) is 4.94. The van der Waals surface area contributed by atoms with Crippen LogP contribution in [-0.4, -0.2) is 74.8 Å². The summed E-state index contributed by atoms with van der Waals surface area (Å²) in [4.78, 5) is 9.64. The van der Waals surface area contributed by atoms with Crippen molar-refractivity contribution in [2.24, 2.45) is 10.9 Å². The Labute approximate surface area is 169 Å². The minimum Gasteiger partial charge on any atom is -0.356 e. The van der Waals surface area contributed by atoms with Gasteiger partial charge in [0.25, 0.3) is 0 Å². The van der Waals surface area contributed by atoms with E-state index >= 15 is 0 Å². The fraction of sp³-hybridized carbons (Fsp3) is 0.737. The van der Waals surface area contributed by atoms with E-state index in [0.29, 0.717) is 25.7 Å². The van der Waals surface area contributed by atoms with Gasteiger partial charge in [-0.05, 0) is 56.3 Å². The SMILES string of the molecule is CN=C(NCC1CCN(CC(F)(F)F)C1)NCC(c1cccs1)N1CCCC1. The maximum Gasteiger partial charge on any atom is 0.401 e. The summed E-state index contributed by atoms with van der Waals surface area (Å²) >= 11 is 1.78. The van der Waals surface area contributed by atoms with Crippen LogP contribution in [0.1, 0.15) is 30.2 Å². The summed E-state index contributed by atoms with van der Waals surface area (Å²) in [6, 6.07) is 4.59. The molecule has 2 aliphatic rings. The lowest BCUT2D eigenvalue weighted by molar-refractivity contribution is -0.143. The molecule has 9 heteroatoms. The maximum absolute atomic E-state index is 12.5. The summed E-state index contributed by atoms with van der Waals surface area (Å²) in [5, 5.41) is 8.83. The molecule has 2 unspecified atom stereocenters. The van der Waals surface area contributed by atoms with Gasteiger partial charge < -0.3 is 10.6 Å². The summed E-state index contributed by atoms with van der Waals surface area (Å²) in [7, 11) is 1.73. The number of likely N-dealkylation sites (tertiary alicyclic amines) is 2. The Bertz CT molecular complexity index is 614. The molecule has 1 aromatic rings. The van der Waals surface area contributed by atoms with Crippen LogP contribution in [-0.2, 0) is 0 Å². The van der Waals surface area contributed by atoms with Gasteiger partial charge in [-0.2, -0.15) is 13.2 Å². The van der Waals surface area contributed by atoms with E-state index in [-0.39, 0.29) is 5.92 Å². The van der Waals surface area contributed by atoms with Crippen molar-refractivity contribution in [3.63, 3.8) is 0 Å². The predicted molar refractivity (Wildman–Crippen MR) is 108 cm³/mol. The number of aliphatic imine (C=N–C) groups is 1. The minimum atomic E-state index is -4.12. The van der Waals surface area contributed by atoms with Crippen LogP contribution < -0.4 is 10.6 Å². The number of hydrogen-bond donors (Lipinski definition) is 2. The van der Waals surface area contributed by atoms with Crippen molar-refractivity contribution in [1.82, 2.24) is 20.4 Å². The molecule has 2 aliphatic heterocycles. The van der Waals surface area contributed by atoms with Crippen LogP contribution in [0.3, 0.4) is 0 Å². The molecule has 2 N–H and O–H groups in total. The van der Waals surface area contributed by atoms with Crippen molar-refractivity contribution in [1.29, 1.82) is 0 Å². The second kappa shape index (κ2) is 9.93. The second-order valence-electron chi connectivity index (χ2n) is 7.61. The van der Waals surface area contributed by atoms with Crippen molar-refractivity contribution in [2.45, 2.75) is 31.5 Å². The molecule has 0 radical (unpaired) electrons. The van der Waals surface area contributed by atoms with Crippen LogP contribution in [0.4, 0.5) is 13.2 Å². The molecule has 158 valence electrons. The Kier molecular flexibility index (Phi) is 7.59. The van der Waals surface area contributed by atoms with Gasteiger partial charge in [0.05, 0.1) is 12.6 Å². The highest BCUT2D eigenvalue weighted by molar-refractivity contribution is 7.10. The third-order valence-electron chi connectivity index (χ3n) is 5.47. The Morgan fingerprint density at radius 3 is 2.71 bits per heavy atom. The number of nitrogens with one attached hydrogen (secondary N) is 2. The molecule has 0 aromatic carbocycles. The number of rotatable bonds is 7. The Hall–Kier alpha value is -1.32. The zero-order valence-corrected chi connectivity index (χ0v) is 17.2. The smallest absolute Gasteiger partial charge is 0.356 e. The first-order chi connectivity index (χ1) is 13.4. The molecule has 2 fully saturated rings. The lowest BCUT2D eigenvalue weighted by atomic mass is 10.1. The summed E-state index contributed by atoms with van der Waals surface area (Å²) in [6.45, 7) is 3.82. The molecular formula is C19H30F3N5S. The lowest BCUT2D eigenvalue weighted by Gasteiger charge is -2.27. The van der Waals surface area contributed by atoms with Gasteiger partial charge >= 0.3 is 6.18 Å². The van der Waals surface area contributed by atoms with Crippen LogP contribution >= 0.6 is 11.3 Å². The zero-order chi connectivity index (χ0) is 20.0. The molecule has 5 nitrogen and oxygen atoms in total. The van der Waals surface area contributed by atoms with Crippen LogP contribution in [0, 0.1) is 5.92 Å². The summed E-state index contributed by atoms with van der Waals surface area (Å²) in [6.07, 6.45) is -0.853. The van der Waals surface area contributed by atoms with Gasteiger partial charge in [-0.1, -0.05) is 6.07 Å². The van der Waals surface area contributed by atoms with E-state index in [9.17, 15) is 13.2 Å². The highest BCUT2D eigenvalue weighted by Crippen LogP contribution is 2.28. The van der Waals surface area contributed by atoms with Crippen molar-refractivity contribution >= 4 is 17.3 Å². The van der Waals surface area contributed by atoms with Crippen LogP contribution in [0.5, 0.6) is 0 Å². The van der Waals surface area contributed by atoms with E-state index in [0.717, 1.165) is 32.0 Å². The summed E-state index contributed by atoms with van der Waals surface area (Å²) in [5.74, 6) is 0.933. The first-order valence-corrected chi connectivity index (χ1v) is 10.8. The molecule has 2 saturated heterocycles. The molecule has 0 bridgehead atoms. The average Bonchev–Trinajstić information content (AvgIpc) is 3.39. The minimum absolute atomic E-state index is 0.215. The number of nitrogens with zero attached hydrogens (tertiary/aromatic N) is 3. The van der Waals surface area contributed by atoms with Gasteiger partial charge in [0.15, 0.2) is 5.96 Å². The Morgan fingerprint density at radius 2 is 2.07 bits per heavy atom. The number of hydrogen-bond acceptors (Lipinski definition) is 4. The summed E-state index contributed by atoms with van der Waals surface area (Å²) in [5.41, 5.74) is 0. The second-order valence-corrected chi connectivity index (χ2v) is 8.59. The van der Waals surface area contributed by atoms with Gasteiger partial charge in [0.1, 0.15) is 0 Å². The normalized spacial score (nSPS) is 23.3. The van der Waals surface area contributed by atoms with Gasteiger partial charge in [-0.3, -0.25) is 14.8 Å². The lowest BCUT2D eigenvalue weighted by Crippen LogP contribution is -2.44. The summed E-state index contributed by atoms with van der Waals surface area (Å²) < 4.78 is 37.6. The van der Waals surface area contributed by atoms with Crippen LogP contribution in [0.25, 0.3) is 0 Å². The van der Waals surface area contributed by atoms with Crippen molar-refractivity contribution in [2.75, 3.05) is 52.9 Å². The van der Waals surface area contributed by atoms with E-state index in [1.807, 2.05) is 0 Å². The highest BCUT2D eigenvalue weighted by atomic mass is 32.1. The van der Waals surface area contributed by atoms with Crippen molar-refractivity contribution < 1.29 is 13.2 Å². The molecule has 3 heterocycles. The Morgan fingerprint density at radius 1 is 1.29 bits per heavy atom. The molecule has 0 aliphatic carbocycles. The molecule has 3 rings (SSSR count). The van der Waals surface area contributed by atoms with Crippen molar-refractivity contribution in [3.8, 4) is 0 Å². The van der Waals surface area contributed by atoms with E-state index in [1.54, 1.807) is 18.4 Å². The topological polar surface area (TPSA) is 42.9 Å². The Balaban J connectivity index is 1.45. The van der Waals surface area contributed by atoms with E-state index < -0.39 is 12.7 Å². The fourth-order valence-electron chi connectivity index (χ4n) is 4.08. The van der Waals surface area contributed by atoms with Gasteiger partial charge in [0, 0.05) is 31.6 Å². The van der Waals surface area contributed by atoms with Crippen LogP contribution in [0.2, 0.25) is 0 Å². The predicted octanol–water partition coefficient (Wildman–Crippen LogP) is 2.93. The molecule has 28 heavy (non-hydrogen) atoms. The molecule has 2 atom stereocenters. The van der Waals surface area contributed by atoms with Gasteiger partial charge in [-0.15, -0.1) is 11.3 Å². The van der Waals surface area contributed by atoms with E-state index in [4.69, 9.17) is 0 Å². The molecule has 0 amide bonds. The largest absolute Gasteiger partial charge is 0.401 e. The molecule has 0 spiro atoms. The number of halogens is 3. The monoisotopic (exact) mass is 417 g/mol. The third-order valence-corrected chi connectivity index (χ3v) is 6.44. The first-order valence-electron chi connectivity index (χ1n) is 9.95. The maximum atomic E-state index is 12.5. The van der Waals surface area contributed by atoms with Crippen molar-refractivity contribution in [3.05, 3.63) is 22.4 Å². The number of alkyl halides is 3. The molecule has 0 saturated carbocycles. The standard InChI is InChI=1S/C19H30F3N5S/c1-23-18(24-11-15-6-9-26(13-15)14-19(20,21)22)25-12-16(17-5-4-10-28-17)27-7-2-3-8-27/h4-5,10,15-16H,2-3,6-9,11-14H2,1H3,(H2,23,24,25). The van der Waals surface area contributed by atoms with Gasteiger partial charge in [-0.25, -0.2) is 0 Å². The van der Waals surface area contributed by atoms with E-state index in [1.165, 1.54) is 22.6 Å². The van der Waals surface area contributed by atoms with Gasteiger partial charge in [0.2, 0.25) is 0 Å². The number of guanidine groups is 1. The zero-order valence-electron chi connectivity index (χ0n) is 16.3.